The van der Waals surface area contributed by atoms with E-state index in [0.717, 1.165) is 12.8 Å². The van der Waals surface area contributed by atoms with Gasteiger partial charge in [-0.25, -0.2) is 0 Å². The summed E-state index contributed by atoms with van der Waals surface area (Å²) in [5, 5.41) is 49.8. The van der Waals surface area contributed by atoms with Gasteiger partial charge in [0, 0.05) is 0 Å². The largest absolute Gasteiger partial charge is 0.394 e. The molecule has 0 spiro atoms. The minimum atomic E-state index is -1.48. The van der Waals surface area contributed by atoms with Gasteiger partial charge in [0.1, 0.15) is 24.4 Å². The smallest absolute Gasteiger partial charge is 0.186 e. The summed E-state index contributed by atoms with van der Waals surface area (Å²) in [6.07, 6.45) is 11.7. The SMILES string of the molecule is CCCCCCCCCCCCC/C=C/C(O)C(COC1OC(CO)C(O)C(O)C1O)N(C)C. The van der Waals surface area contributed by atoms with Gasteiger partial charge in [-0.2, -0.15) is 0 Å². The number of hydrogen-bond donors (Lipinski definition) is 5. The van der Waals surface area contributed by atoms with Crippen LogP contribution in [-0.4, -0.2) is 101 Å². The Balaban J connectivity index is 2.26. The van der Waals surface area contributed by atoms with Gasteiger partial charge in [-0.3, -0.25) is 0 Å². The zero-order valence-corrected chi connectivity index (χ0v) is 21.6. The fourth-order valence-corrected chi connectivity index (χ4v) is 4.24. The molecule has 8 heteroatoms. The molecule has 0 saturated carbocycles. The van der Waals surface area contributed by atoms with E-state index in [0.29, 0.717) is 0 Å². The van der Waals surface area contributed by atoms with Crippen LogP contribution >= 0.6 is 0 Å². The van der Waals surface area contributed by atoms with Crippen LogP contribution in [0.15, 0.2) is 12.2 Å². The van der Waals surface area contributed by atoms with Crippen LogP contribution in [0.2, 0.25) is 0 Å². The number of aliphatic hydroxyl groups is 5. The second-order valence-corrected chi connectivity index (χ2v) is 9.80. The lowest BCUT2D eigenvalue weighted by Crippen LogP contribution is -2.59. The maximum Gasteiger partial charge on any atom is 0.186 e. The Hall–Kier alpha value is -0.580. The molecule has 1 rings (SSSR count). The van der Waals surface area contributed by atoms with Crippen molar-refractivity contribution < 1.29 is 35.0 Å². The normalized spacial score (nSPS) is 27.5. The number of rotatable bonds is 19. The number of unbranched alkanes of at least 4 members (excludes halogenated alkanes) is 11. The minimum Gasteiger partial charge on any atom is -0.394 e. The topological polar surface area (TPSA) is 123 Å². The van der Waals surface area contributed by atoms with Crippen molar-refractivity contribution in [1.82, 2.24) is 4.90 Å². The predicted octanol–water partition coefficient (Wildman–Crippen LogP) is 2.35. The molecule has 1 fully saturated rings. The van der Waals surface area contributed by atoms with Gasteiger partial charge < -0.3 is 39.9 Å². The maximum absolute atomic E-state index is 10.6. The lowest BCUT2D eigenvalue weighted by Gasteiger charge is -2.40. The Labute approximate surface area is 206 Å². The monoisotopic (exact) mass is 489 g/mol. The Morgan fingerprint density at radius 3 is 1.94 bits per heavy atom. The van der Waals surface area contributed by atoms with Gasteiger partial charge in [-0.15, -0.1) is 0 Å². The zero-order chi connectivity index (χ0) is 25.3. The second-order valence-electron chi connectivity index (χ2n) is 9.80. The van der Waals surface area contributed by atoms with Gasteiger partial charge in [-0.05, 0) is 26.9 Å². The van der Waals surface area contributed by atoms with E-state index in [1.807, 2.05) is 25.1 Å². The fraction of sp³-hybridized carbons (Fsp3) is 0.923. The fourth-order valence-electron chi connectivity index (χ4n) is 4.24. The van der Waals surface area contributed by atoms with Crippen molar-refractivity contribution in [3.8, 4) is 0 Å². The molecule has 0 bridgehead atoms. The number of nitrogens with zero attached hydrogens (tertiary/aromatic N) is 1. The van der Waals surface area contributed by atoms with E-state index in [1.165, 1.54) is 64.2 Å². The maximum atomic E-state index is 10.6. The van der Waals surface area contributed by atoms with E-state index in [4.69, 9.17) is 9.47 Å². The molecule has 0 amide bonds. The van der Waals surface area contributed by atoms with Gasteiger partial charge in [0.2, 0.25) is 0 Å². The van der Waals surface area contributed by atoms with E-state index in [2.05, 4.69) is 6.92 Å². The molecule has 34 heavy (non-hydrogen) atoms. The van der Waals surface area contributed by atoms with Crippen molar-refractivity contribution in [1.29, 1.82) is 0 Å². The van der Waals surface area contributed by atoms with Gasteiger partial charge in [0.05, 0.1) is 25.4 Å². The molecule has 202 valence electrons. The first-order valence-electron chi connectivity index (χ1n) is 13.3. The van der Waals surface area contributed by atoms with Crippen molar-refractivity contribution >= 4 is 0 Å². The molecule has 1 heterocycles. The van der Waals surface area contributed by atoms with Crippen molar-refractivity contribution in [2.45, 2.75) is 127 Å². The summed E-state index contributed by atoms with van der Waals surface area (Å²) in [4.78, 5) is 1.82. The van der Waals surface area contributed by atoms with E-state index < -0.39 is 43.4 Å². The lowest BCUT2D eigenvalue weighted by atomic mass is 9.99. The molecule has 0 aromatic rings. The van der Waals surface area contributed by atoms with Crippen LogP contribution in [0, 0.1) is 0 Å². The number of likely N-dealkylation sites (N-methyl/N-ethyl adjacent to an activating group) is 1. The van der Waals surface area contributed by atoms with Crippen LogP contribution in [0.25, 0.3) is 0 Å². The molecule has 0 aromatic carbocycles. The third-order valence-electron chi connectivity index (χ3n) is 6.64. The van der Waals surface area contributed by atoms with Crippen LogP contribution in [0.1, 0.15) is 84.0 Å². The van der Waals surface area contributed by atoms with Crippen molar-refractivity contribution in [2.24, 2.45) is 0 Å². The Kier molecular flexibility index (Phi) is 17.3. The van der Waals surface area contributed by atoms with Gasteiger partial charge in [-0.1, -0.05) is 83.3 Å². The van der Waals surface area contributed by atoms with E-state index >= 15 is 0 Å². The van der Waals surface area contributed by atoms with E-state index in [1.54, 1.807) is 6.08 Å². The summed E-state index contributed by atoms with van der Waals surface area (Å²) in [6, 6.07) is -0.388. The first-order valence-corrected chi connectivity index (χ1v) is 13.3. The summed E-state index contributed by atoms with van der Waals surface area (Å²) < 4.78 is 11.0. The molecule has 0 aliphatic carbocycles. The van der Waals surface area contributed by atoms with Crippen molar-refractivity contribution in [2.75, 3.05) is 27.3 Å². The molecular weight excluding hydrogens is 438 g/mol. The first-order chi connectivity index (χ1) is 16.3. The summed E-state index contributed by atoms with van der Waals surface area (Å²) in [5.41, 5.74) is 0. The van der Waals surface area contributed by atoms with Crippen molar-refractivity contribution in [3.63, 3.8) is 0 Å². The molecule has 5 N–H and O–H groups in total. The highest BCUT2D eigenvalue weighted by atomic mass is 16.7. The molecule has 1 saturated heterocycles. The lowest BCUT2D eigenvalue weighted by molar-refractivity contribution is -0.303. The first kappa shape index (κ1) is 31.4. The molecule has 7 atom stereocenters. The molecule has 0 aromatic heterocycles. The summed E-state index contributed by atoms with van der Waals surface area (Å²) >= 11 is 0. The Bertz CT molecular complexity index is 517. The Morgan fingerprint density at radius 2 is 1.41 bits per heavy atom. The molecule has 1 aliphatic rings. The standard InChI is InChI=1S/C26H51NO7/c1-4-5-6-7-8-9-10-11-12-13-14-15-16-17-21(29)20(27(2)3)19-33-26-25(32)24(31)23(30)22(18-28)34-26/h16-17,20-26,28-32H,4-15,18-19H2,1-3H3/b17-16+. The predicted molar refractivity (Wildman–Crippen MR) is 133 cm³/mol. The number of allylic oxidation sites excluding steroid dienone is 1. The number of hydrogen-bond acceptors (Lipinski definition) is 8. The van der Waals surface area contributed by atoms with E-state index in [-0.39, 0.29) is 12.6 Å². The highest BCUT2D eigenvalue weighted by molar-refractivity contribution is 4.95. The third kappa shape index (κ3) is 11.9. The average molecular weight is 490 g/mol. The van der Waals surface area contributed by atoms with Crippen molar-refractivity contribution in [3.05, 3.63) is 12.2 Å². The summed E-state index contributed by atoms with van der Waals surface area (Å²) in [5.74, 6) is 0. The molecule has 1 aliphatic heterocycles. The third-order valence-corrected chi connectivity index (χ3v) is 6.64. The van der Waals surface area contributed by atoms with Gasteiger partial charge >= 0.3 is 0 Å². The second kappa shape index (κ2) is 18.7. The van der Waals surface area contributed by atoms with Crippen LogP contribution < -0.4 is 0 Å². The highest BCUT2D eigenvalue weighted by Gasteiger charge is 2.44. The van der Waals surface area contributed by atoms with E-state index in [9.17, 15) is 25.5 Å². The van der Waals surface area contributed by atoms with Crippen LogP contribution in [-0.2, 0) is 9.47 Å². The molecular formula is C26H51NO7. The summed E-state index contributed by atoms with van der Waals surface area (Å²) in [7, 11) is 3.64. The Morgan fingerprint density at radius 1 is 0.853 bits per heavy atom. The van der Waals surface area contributed by atoms with Gasteiger partial charge in [0.15, 0.2) is 6.29 Å². The molecule has 8 nitrogen and oxygen atoms in total. The van der Waals surface area contributed by atoms with Crippen LogP contribution in [0.4, 0.5) is 0 Å². The molecule has 0 radical (unpaired) electrons. The quantitative estimate of drug-likeness (QED) is 0.138. The number of aliphatic hydroxyl groups excluding tert-OH is 5. The van der Waals surface area contributed by atoms with Gasteiger partial charge in [0.25, 0.3) is 0 Å². The average Bonchev–Trinajstić information content (AvgIpc) is 2.81. The highest BCUT2D eigenvalue weighted by Crippen LogP contribution is 2.22. The summed E-state index contributed by atoms with van der Waals surface area (Å²) in [6.45, 7) is 1.78. The van der Waals surface area contributed by atoms with Crippen LogP contribution in [0.5, 0.6) is 0 Å². The minimum absolute atomic E-state index is 0.0413. The van der Waals surface area contributed by atoms with Crippen LogP contribution in [0.3, 0.4) is 0 Å². The molecule has 7 unspecified atom stereocenters. The zero-order valence-electron chi connectivity index (χ0n) is 21.6. The number of ether oxygens (including phenoxy) is 2.